The Morgan fingerprint density at radius 1 is 1.05 bits per heavy atom. The van der Waals surface area contributed by atoms with E-state index in [2.05, 4.69) is 4.90 Å². The molecule has 5 nitrogen and oxygen atoms in total. The van der Waals surface area contributed by atoms with Gasteiger partial charge in [0.05, 0.1) is 25.4 Å². The van der Waals surface area contributed by atoms with E-state index in [1.165, 1.54) is 6.07 Å². The first kappa shape index (κ1) is 15.2. The first-order chi connectivity index (χ1) is 10.7. The highest BCUT2D eigenvalue weighted by Crippen LogP contribution is 2.20. The molecule has 0 unspecified atom stereocenters. The average Bonchev–Trinajstić information content (AvgIpc) is 2.56. The molecule has 0 radical (unpaired) electrons. The molecule has 1 aromatic carbocycles. The van der Waals surface area contributed by atoms with Crippen molar-refractivity contribution in [3.8, 4) is 0 Å². The van der Waals surface area contributed by atoms with Crippen LogP contribution < -0.4 is 4.90 Å². The van der Waals surface area contributed by atoms with Gasteiger partial charge in [0, 0.05) is 39.3 Å². The van der Waals surface area contributed by atoms with Crippen LogP contribution >= 0.6 is 0 Å². The zero-order valence-corrected chi connectivity index (χ0v) is 12.7. The predicted octanol–water partition coefficient (Wildman–Crippen LogP) is 0.807. The minimum absolute atomic E-state index is 0.162. The fraction of sp³-hybridized carbons (Fsp3) is 0.562. The summed E-state index contributed by atoms with van der Waals surface area (Å²) in [6.45, 7) is 6.16. The van der Waals surface area contributed by atoms with Crippen molar-refractivity contribution < 1.29 is 13.9 Å². The number of nitrogens with zero attached hydrogens (tertiary/aromatic N) is 3. The summed E-state index contributed by atoms with van der Waals surface area (Å²) in [4.78, 5) is 18.4. The molecular weight excluding hydrogens is 285 g/mol. The largest absolute Gasteiger partial charge is 0.379 e. The highest BCUT2D eigenvalue weighted by atomic mass is 19.1. The second-order valence-electron chi connectivity index (χ2n) is 5.71. The number of carbonyl (C=O) groups excluding carboxylic acids is 1. The van der Waals surface area contributed by atoms with Crippen LogP contribution in [0.4, 0.5) is 10.1 Å². The molecular formula is C16H22FN3O2. The van der Waals surface area contributed by atoms with Crippen molar-refractivity contribution in [1.82, 2.24) is 9.80 Å². The number of benzene rings is 1. The maximum Gasteiger partial charge on any atom is 0.236 e. The van der Waals surface area contributed by atoms with Gasteiger partial charge in [-0.15, -0.1) is 0 Å². The summed E-state index contributed by atoms with van der Waals surface area (Å²) in [5.41, 5.74) is 0.628. The minimum Gasteiger partial charge on any atom is -0.379 e. The molecule has 1 aromatic rings. The van der Waals surface area contributed by atoms with E-state index >= 15 is 0 Å². The van der Waals surface area contributed by atoms with Crippen molar-refractivity contribution in [3.05, 3.63) is 30.1 Å². The van der Waals surface area contributed by atoms with E-state index < -0.39 is 0 Å². The lowest BCUT2D eigenvalue weighted by molar-refractivity contribution is -0.133. The molecule has 0 spiro atoms. The van der Waals surface area contributed by atoms with Crippen LogP contribution in [0.25, 0.3) is 0 Å². The molecule has 2 fully saturated rings. The summed E-state index contributed by atoms with van der Waals surface area (Å²) in [6.07, 6.45) is 0. The van der Waals surface area contributed by atoms with Crippen molar-refractivity contribution in [3.63, 3.8) is 0 Å². The third kappa shape index (κ3) is 3.56. The average molecular weight is 307 g/mol. The second-order valence-corrected chi connectivity index (χ2v) is 5.71. The van der Waals surface area contributed by atoms with Crippen molar-refractivity contribution in [1.29, 1.82) is 0 Å². The first-order valence-corrected chi connectivity index (χ1v) is 7.81. The number of para-hydroxylation sites is 1. The standard InChI is InChI=1S/C16H22FN3O2/c17-14-3-1-2-4-15(14)19-5-7-20(8-6-19)16(21)13-18-9-11-22-12-10-18/h1-4H,5-13H2. The summed E-state index contributed by atoms with van der Waals surface area (Å²) in [5, 5.41) is 0. The number of hydrogen-bond donors (Lipinski definition) is 0. The Morgan fingerprint density at radius 3 is 2.41 bits per heavy atom. The molecule has 0 aromatic heterocycles. The maximum atomic E-state index is 13.8. The number of anilines is 1. The first-order valence-electron chi connectivity index (χ1n) is 7.81. The van der Waals surface area contributed by atoms with E-state index in [4.69, 9.17) is 4.74 Å². The van der Waals surface area contributed by atoms with Crippen LogP contribution in [0.2, 0.25) is 0 Å². The Morgan fingerprint density at radius 2 is 1.73 bits per heavy atom. The summed E-state index contributed by atoms with van der Waals surface area (Å²) < 4.78 is 19.1. The molecule has 0 N–H and O–H groups in total. The van der Waals surface area contributed by atoms with Gasteiger partial charge >= 0.3 is 0 Å². The van der Waals surface area contributed by atoms with Gasteiger partial charge in [0.1, 0.15) is 5.82 Å². The summed E-state index contributed by atoms with van der Waals surface area (Å²) in [5.74, 6) is -0.0364. The lowest BCUT2D eigenvalue weighted by atomic mass is 10.2. The van der Waals surface area contributed by atoms with Crippen LogP contribution in [0, 0.1) is 5.82 Å². The number of halogens is 1. The van der Waals surface area contributed by atoms with Crippen LogP contribution in [0.5, 0.6) is 0 Å². The van der Waals surface area contributed by atoms with Gasteiger partial charge in [-0.25, -0.2) is 4.39 Å². The van der Waals surface area contributed by atoms with Crippen LogP contribution in [0.1, 0.15) is 0 Å². The van der Waals surface area contributed by atoms with Gasteiger partial charge in [-0.1, -0.05) is 12.1 Å². The number of amides is 1. The molecule has 2 heterocycles. The number of morpholine rings is 1. The number of carbonyl (C=O) groups is 1. The maximum absolute atomic E-state index is 13.8. The second kappa shape index (κ2) is 7.07. The zero-order valence-electron chi connectivity index (χ0n) is 12.7. The Balaban J connectivity index is 1.51. The molecule has 0 saturated carbocycles. The molecule has 120 valence electrons. The van der Waals surface area contributed by atoms with Crippen LogP contribution in [-0.4, -0.2) is 74.7 Å². The molecule has 6 heteroatoms. The lowest BCUT2D eigenvalue weighted by Crippen LogP contribution is -2.52. The molecule has 2 aliphatic heterocycles. The van der Waals surface area contributed by atoms with Crippen molar-refractivity contribution in [2.24, 2.45) is 0 Å². The van der Waals surface area contributed by atoms with Gasteiger partial charge < -0.3 is 14.5 Å². The Hall–Kier alpha value is -1.66. The van der Waals surface area contributed by atoms with E-state index in [0.29, 0.717) is 51.6 Å². The van der Waals surface area contributed by atoms with Crippen molar-refractivity contribution >= 4 is 11.6 Å². The molecule has 2 aliphatic rings. The SMILES string of the molecule is O=C(CN1CCOCC1)N1CCN(c2ccccc2F)CC1. The lowest BCUT2D eigenvalue weighted by Gasteiger charge is -2.37. The summed E-state index contributed by atoms with van der Waals surface area (Å²) in [6, 6.07) is 6.81. The molecule has 0 bridgehead atoms. The summed E-state index contributed by atoms with van der Waals surface area (Å²) >= 11 is 0. The Bertz CT molecular complexity index is 512. The molecule has 0 atom stereocenters. The van der Waals surface area contributed by atoms with Crippen molar-refractivity contribution in [2.75, 3.05) is 63.9 Å². The molecule has 1 amide bonds. The number of hydrogen-bond acceptors (Lipinski definition) is 4. The predicted molar refractivity (Wildman–Crippen MR) is 82.5 cm³/mol. The number of rotatable bonds is 3. The fourth-order valence-electron chi connectivity index (χ4n) is 2.96. The van der Waals surface area contributed by atoms with Gasteiger partial charge in [-0.3, -0.25) is 9.69 Å². The third-order valence-electron chi connectivity index (χ3n) is 4.29. The monoisotopic (exact) mass is 307 g/mol. The van der Waals surface area contributed by atoms with Gasteiger partial charge in [0.15, 0.2) is 0 Å². The van der Waals surface area contributed by atoms with E-state index in [0.717, 1.165) is 13.1 Å². The topological polar surface area (TPSA) is 36.0 Å². The van der Waals surface area contributed by atoms with E-state index in [-0.39, 0.29) is 11.7 Å². The molecule has 2 saturated heterocycles. The highest BCUT2D eigenvalue weighted by Gasteiger charge is 2.24. The quantitative estimate of drug-likeness (QED) is 0.828. The summed E-state index contributed by atoms with van der Waals surface area (Å²) in [7, 11) is 0. The van der Waals surface area contributed by atoms with Gasteiger partial charge in [-0.2, -0.15) is 0 Å². The zero-order chi connectivity index (χ0) is 15.4. The normalized spacial score (nSPS) is 20.2. The number of piperazine rings is 1. The van der Waals surface area contributed by atoms with Gasteiger partial charge in [0.25, 0.3) is 0 Å². The molecule has 22 heavy (non-hydrogen) atoms. The van der Waals surface area contributed by atoms with Gasteiger partial charge in [-0.05, 0) is 12.1 Å². The van der Waals surface area contributed by atoms with Crippen LogP contribution in [0.3, 0.4) is 0 Å². The third-order valence-corrected chi connectivity index (χ3v) is 4.29. The Kier molecular flexibility index (Phi) is 4.90. The van der Waals surface area contributed by atoms with E-state index in [1.54, 1.807) is 12.1 Å². The van der Waals surface area contributed by atoms with Crippen LogP contribution in [0.15, 0.2) is 24.3 Å². The van der Waals surface area contributed by atoms with Gasteiger partial charge in [0.2, 0.25) is 5.91 Å². The van der Waals surface area contributed by atoms with Crippen LogP contribution in [-0.2, 0) is 9.53 Å². The molecule has 0 aliphatic carbocycles. The van der Waals surface area contributed by atoms with E-state index in [1.807, 2.05) is 15.9 Å². The Labute approximate surface area is 130 Å². The molecule has 3 rings (SSSR count). The van der Waals surface area contributed by atoms with Crippen molar-refractivity contribution in [2.45, 2.75) is 0 Å². The highest BCUT2D eigenvalue weighted by molar-refractivity contribution is 5.78. The minimum atomic E-state index is -0.199. The number of ether oxygens (including phenoxy) is 1. The smallest absolute Gasteiger partial charge is 0.236 e. The fourth-order valence-corrected chi connectivity index (χ4v) is 2.96. The van der Waals surface area contributed by atoms with E-state index in [9.17, 15) is 9.18 Å².